The molecule has 5 heteroatoms. The lowest BCUT2D eigenvalue weighted by Gasteiger charge is -2.22. The Morgan fingerprint density at radius 3 is 2.56 bits per heavy atom. The quantitative estimate of drug-likeness (QED) is 0.870. The summed E-state index contributed by atoms with van der Waals surface area (Å²) in [5.74, 6) is -0.856. The lowest BCUT2D eigenvalue weighted by Crippen LogP contribution is -2.27. The van der Waals surface area contributed by atoms with Gasteiger partial charge in [0.1, 0.15) is 6.10 Å². The van der Waals surface area contributed by atoms with Gasteiger partial charge >= 0.3 is 5.97 Å². The summed E-state index contributed by atoms with van der Waals surface area (Å²) in [6.45, 7) is 3.79. The van der Waals surface area contributed by atoms with Crippen molar-refractivity contribution in [1.82, 2.24) is 0 Å². The van der Waals surface area contributed by atoms with Crippen LogP contribution in [0.2, 0.25) is 0 Å². The molecular formula is C11H15BrO3S. The molecule has 0 aromatic carbocycles. The second kappa shape index (κ2) is 5.80. The maximum absolute atomic E-state index is 11.6. The van der Waals surface area contributed by atoms with Crippen LogP contribution in [0.3, 0.4) is 0 Å². The van der Waals surface area contributed by atoms with Gasteiger partial charge in [-0.2, -0.15) is 0 Å². The topological polar surface area (TPSA) is 46.5 Å². The number of hydrogen-bond donors (Lipinski definition) is 1. The number of thiophene rings is 1. The zero-order chi connectivity index (χ0) is 12.3. The van der Waals surface area contributed by atoms with Crippen molar-refractivity contribution < 1.29 is 14.6 Å². The van der Waals surface area contributed by atoms with Crippen molar-refractivity contribution in [1.29, 1.82) is 0 Å². The van der Waals surface area contributed by atoms with Gasteiger partial charge in [-0.3, -0.25) is 4.79 Å². The number of hydrogen-bond acceptors (Lipinski definition) is 4. The fourth-order valence-corrected chi connectivity index (χ4v) is 3.04. The number of halogens is 1. The van der Waals surface area contributed by atoms with Crippen molar-refractivity contribution >= 4 is 33.2 Å². The highest BCUT2D eigenvalue weighted by atomic mass is 79.9. The van der Waals surface area contributed by atoms with Crippen LogP contribution in [-0.4, -0.2) is 18.2 Å². The molecule has 0 radical (unpaired) electrons. The van der Waals surface area contributed by atoms with E-state index in [0.29, 0.717) is 0 Å². The first-order valence-corrected chi connectivity index (χ1v) is 6.64. The maximum Gasteiger partial charge on any atom is 0.311 e. The van der Waals surface area contributed by atoms with E-state index in [9.17, 15) is 9.90 Å². The Balaban J connectivity index is 2.91. The third kappa shape index (κ3) is 3.06. The maximum atomic E-state index is 11.6. The van der Waals surface area contributed by atoms with Crippen molar-refractivity contribution in [3.05, 3.63) is 20.8 Å². The molecule has 0 fully saturated rings. The number of aliphatic hydroxyl groups excluding tert-OH is 1. The minimum Gasteiger partial charge on any atom is -0.469 e. The Morgan fingerprint density at radius 1 is 1.56 bits per heavy atom. The van der Waals surface area contributed by atoms with Gasteiger partial charge in [0, 0.05) is 14.7 Å². The van der Waals surface area contributed by atoms with Crippen LogP contribution in [0.4, 0.5) is 0 Å². The van der Waals surface area contributed by atoms with Crippen LogP contribution in [0, 0.1) is 11.8 Å². The number of ether oxygens (including phenoxy) is 1. The van der Waals surface area contributed by atoms with Crippen LogP contribution in [0.1, 0.15) is 24.8 Å². The van der Waals surface area contributed by atoms with Crippen LogP contribution >= 0.6 is 27.3 Å². The van der Waals surface area contributed by atoms with Gasteiger partial charge in [-0.25, -0.2) is 0 Å². The average Bonchev–Trinajstić information content (AvgIpc) is 2.64. The van der Waals surface area contributed by atoms with Gasteiger partial charge < -0.3 is 9.84 Å². The molecule has 0 aliphatic carbocycles. The number of aliphatic hydroxyl groups is 1. The van der Waals surface area contributed by atoms with Gasteiger partial charge in [0.2, 0.25) is 0 Å². The molecular weight excluding hydrogens is 292 g/mol. The third-order valence-electron chi connectivity index (χ3n) is 2.41. The molecule has 0 amide bonds. The lowest BCUT2D eigenvalue weighted by molar-refractivity contribution is -0.151. The summed E-state index contributed by atoms with van der Waals surface area (Å²) < 4.78 is 5.63. The monoisotopic (exact) mass is 306 g/mol. The summed E-state index contributed by atoms with van der Waals surface area (Å²) in [6.07, 6.45) is -0.802. The van der Waals surface area contributed by atoms with Crippen LogP contribution in [0.15, 0.2) is 15.9 Å². The highest BCUT2D eigenvalue weighted by Gasteiger charge is 2.32. The van der Waals surface area contributed by atoms with Crippen molar-refractivity contribution in [2.24, 2.45) is 11.8 Å². The molecule has 3 nitrogen and oxygen atoms in total. The molecule has 1 aromatic heterocycles. The van der Waals surface area contributed by atoms with Crippen molar-refractivity contribution in [2.75, 3.05) is 7.11 Å². The normalized spacial score (nSPS) is 14.9. The van der Waals surface area contributed by atoms with Gasteiger partial charge in [-0.05, 0) is 27.9 Å². The summed E-state index contributed by atoms with van der Waals surface area (Å²) >= 11 is 4.75. The minimum absolute atomic E-state index is 0.0309. The predicted molar refractivity (Wildman–Crippen MR) is 67.3 cm³/mol. The Labute approximate surface area is 108 Å². The van der Waals surface area contributed by atoms with E-state index in [2.05, 4.69) is 15.9 Å². The standard InChI is InChI=1S/C11H15BrO3S/c1-6(2)9(11(14)15-3)10(13)8-4-7(12)5-16-8/h4-6,9-10,13H,1-3H3. The molecule has 1 heterocycles. The van der Waals surface area contributed by atoms with E-state index in [0.717, 1.165) is 9.35 Å². The van der Waals surface area contributed by atoms with Crippen molar-refractivity contribution in [3.8, 4) is 0 Å². The SMILES string of the molecule is COC(=O)C(C(C)C)C(O)c1cc(Br)cs1. The van der Waals surface area contributed by atoms with E-state index >= 15 is 0 Å². The van der Waals surface area contributed by atoms with Gasteiger partial charge in [0.25, 0.3) is 0 Å². The van der Waals surface area contributed by atoms with Gasteiger partial charge in [-0.15, -0.1) is 11.3 Å². The molecule has 0 bridgehead atoms. The van der Waals surface area contributed by atoms with Crippen LogP contribution in [-0.2, 0) is 9.53 Å². The predicted octanol–water partition coefficient (Wildman–Crippen LogP) is 2.99. The second-order valence-electron chi connectivity index (χ2n) is 3.91. The first-order chi connectivity index (χ1) is 7.47. The summed E-state index contributed by atoms with van der Waals surface area (Å²) in [7, 11) is 1.34. The van der Waals surface area contributed by atoms with E-state index in [-0.39, 0.29) is 11.9 Å². The molecule has 0 saturated carbocycles. The Hall–Kier alpha value is -0.390. The minimum atomic E-state index is -0.802. The molecule has 0 spiro atoms. The Morgan fingerprint density at radius 2 is 2.19 bits per heavy atom. The summed E-state index contributed by atoms with van der Waals surface area (Å²) in [4.78, 5) is 12.4. The Bertz CT molecular complexity index is 362. The van der Waals surface area contributed by atoms with E-state index in [1.54, 1.807) is 0 Å². The number of carbonyl (C=O) groups is 1. The molecule has 1 rings (SSSR count). The second-order valence-corrected chi connectivity index (χ2v) is 5.76. The zero-order valence-electron chi connectivity index (χ0n) is 9.44. The van der Waals surface area contributed by atoms with Crippen LogP contribution in [0.25, 0.3) is 0 Å². The summed E-state index contributed by atoms with van der Waals surface area (Å²) in [5, 5.41) is 12.0. The molecule has 0 aliphatic rings. The summed E-state index contributed by atoms with van der Waals surface area (Å²) in [5.41, 5.74) is 0. The number of carbonyl (C=O) groups excluding carboxylic acids is 1. The molecule has 0 aliphatic heterocycles. The zero-order valence-corrected chi connectivity index (χ0v) is 11.8. The first kappa shape index (κ1) is 13.7. The van der Waals surface area contributed by atoms with Crippen molar-refractivity contribution in [3.63, 3.8) is 0 Å². The molecule has 90 valence electrons. The van der Waals surface area contributed by atoms with Crippen LogP contribution < -0.4 is 0 Å². The van der Waals surface area contributed by atoms with E-state index in [1.165, 1.54) is 18.4 Å². The Kier molecular flexibility index (Phi) is 4.95. The molecule has 2 atom stereocenters. The number of esters is 1. The van der Waals surface area contributed by atoms with Gasteiger partial charge in [0.15, 0.2) is 0 Å². The molecule has 2 unspecified atom stereocenters. The summed E-state index contributed by atoms with van der Waals surface area (Å²) in [6, 6.07) is 1.83. The fraction of sp³-hybridized carbons (Fsp3) is 0.545. The number of methoxy groups -OCH3 is 1. The van der Waals surface area contributed by atoms with Gasteiger partial charge in [-0.1, -0.05) is 13.8 Å². The smallest absolute Gasteiger partial charge is 0.311 e. The largest absolute Gasteiger partial charge is 0.469 e. The van der Waals surface area contributed by atoms with Crippen LogP contribution in [0.5, 0.6) is 0 Å². The highest BCUT2D eigenvalue weighted by molar-refractivity contribution is 9.10. The highest BCUT2D eigenvalue weighted by Crippen LogP contribution is 2.34. The fourth-order valence-electron chi connectivity index (χ4n) is 1.56. The molecule has 1 aromatic rings. The average molecular weight is 307 g/mol. The van der Waals surface area contributed by atoms with Crippen molar-refractivity contribution in [2.45, 2.75) is 20.0 Å². The molecule has 16 heavy (non-hydrogen) atoms. The molecule has 1 N–H and O–H groups in total. The van der Waals surface area contributed by atoms with E-state index < -0.39 is 12.0 Å². The van der Waals surface area contributed by atoms with E-state index in [4.69, 9.17) is 4.74 Å². The number of rotatable bonds is 4. The van der Waals surface area contributed by atoms with E-state index in [1.807, 2.05) is 25.3 Å². The lowest BCUT2D eigenvalue weighted by atomic mass is 9.89. The third-order valence-corrected chi connectivity index (χ3v) is 4.18. The van der Waals surface area contributed by atoms with Gasteiger partial charge in [0.05, 0.1) is 13.0 Å². The molecule has 0 saturated heterocycles. The first-order valence-electron chi connectivity index (χ1n) is 4.97.